The summed E-state index contributed by atoms with van der Waals surface area (Å²) in [5, 5.41) is 27.6. The summed E-state index contributed by atoms with van der Waals surface area (Å²) in [6.45, 7) is 2.48. The molecule has 0 saturated carbocycles. The molecule has 6 N–H and O–H groups in total. The van der Waals surface area contributed by atoms with E-state index in [1.165, 1.54) is 0 Å². The van der Waals surface area contributed by atoms with Gasteiger partial charge in [-0.25, -0.2) is 9.59 Å². The molecule has 2 unspecified atom stereocenters. The van der Waals surface area contributed by atoms with Crippen molar-refractivity contribution in [3.05, 3.63) is 0 Å². The van der Waals surface area contributed by atoms with E-state index in [2.05, 4.69) is 26.0 Å². The molecule has 13 nitrogen and oxygen atoms in total. The first-order chi connectivity index (χ1) is 15.2. The second-order valence-electron chi connectivity index (χ2n) is 6.86. The first-order valence-electron chi connectivity index (χ1n) is 10.3. The number of nitrogens with one attached hydrogen (secondary N) is 4. The molecule has 0 saturated heterocycles. The summed E-state index contributed by atoms with van der Waals surface area (Å²) in [6.07, 6.45) is 0.462. The van der Waals surface area contributed by atoms with Crippen molar-refractivity contribution >= 4 is 36.3 Å². The summed E-state index contributed by atoms with van der Waals surface area (Å²) in [7, 11) is 0. The van der Waals surface area contributed by atoms with Gasteiger partial charge in [0, 0.05) is 32.4 Å². The number of hydrogen-bond acceptors (Lipinski definition) is 7. The molecule has 32 heavy (non-hydrogen) atoms. The van der Waals surface area contributed by atoms with E-state index in [9.17, 15) is 33.9 Å². The molecule has 0 heterocycles. The largest absolute Gasteiger partial charge is 0.481 e. The third-order valence-electron chi connectivity index (χ3n) is 4.13. The lowest BCUT2D eigenvalue weighted by Crippen LogP contribution is -2.49. The van der Waals surface area contributed by atoms with E-state index in [4.69, 9.17) is 5.11 Å². The van der Waals surface area contributed by atoms with E-state index in [1.54, 1.807) is 0 Å². The van der Waals surface area contributed by atoms with Crippen LogP contribution in [0, 0.1) is 0 Å². The molecule has 0 aliphatic rings. The fraction of sp³-hybridized carbons (Fsp3) is 0.684. The molecule has 2 atom stereocenters. The molecule has 182 valence electrons. The van der Waals surface area contributed by atoms with E-state index >= 15 is 0 Å². The molecular weight excluding hydrogens is 428 g/mol. The van der Waals surface area contributed by atoms with Gasteiger partial charge in [0.15, 0.2) is 6.23 Å². The molecule has 0 aromatic rings. The van der Waals surface area contributed by atoms with Crippen LogP contribution in [0.2, 0.25) is 0 Å². The maximum Gasteiger partial charge on any atom is 0.326 e. The van der Waals surface area contributed by atoms with E-state index in [1.807, 2.05) is 6.92 Å². The van der Waals surface area contributed by atoms with Gasteiger partial charge in [0.1, 0.15) is 6.04 Å². The van der Waals surface area contributed by atoms with Crippen LogP contribution in [0.25, 0.3) is 0 Å². The van der Waals surface area contributed by atoms with Crippen LogP contribution >= 0.6 is 0 Å². The van der Waals surface area contributed by atoms with E-state index in [0.29, 0.717) is 25.8 Å². The maximum absolute atomic E-state index is 11.9. The van der Waals surface area contributed by atoms with Crippen LogP contribution in [0.1, 0.15) is 58.3 Å². The van der Waals surface area contributed by atoms with E-state index in [0.717, 1.165) is 6.42 Å². The van der Waals surface area contributed by atoms with Gasteiger partial charge in [-0.3, -0.25) is 19.2 Å². The molecule has 0 rings (SSSR count). The van der Waals surface area contributed by atoms with Gasteiger partial charge in [0.05, 0.1) is 6.42 Å². The molecule has 0 bridgehead atoms. The van der Waals surface area contributed by atoms with Gasteiger partial charge in [-0.05, 0) is 25.7 Å². The summed E-state index contributed by atoms with van der Waals surface area (Å²) >= 11 is 0. The van der Waals surface area contributed by atoms with Crippen LogP contribution in [0.3, 0.4) is 0 Å². The molecule has 0 aliphatic heterocycles. The molecule has 0 spiro atoms. The lowest BCUT2D eigenvalue weighted by atomic mass is 10.1. The Hall–Kier alpha value is -3.38. The minimum atomic E-state index is -1.27. The van der Waals surface area contributed by atoms with E-state index < -0.39 is 30.2 Å². The number of carbonyl (C=O) groups is 6. The number of urea groups is 1. The predicted octanol–water partition coefficient (Wildman–Crippen LogP) is -0.304. The van der Waals surface area contributed by atoms with Crippen LogP contribution in [0.4, 0.5) is 4.79 Å². The second-order valence-corrected chi connectivity index (χ2v) is 6.86. The lowest BCUT2D eigenvalue weighted by molar-refractivity contribution is -0.141. The number of hydrogen-bond donors (Lipinski definition) is 6. The maximum atomic E-state index is 11.9. The first kappa shape index (κ1) is 28.6. The van der Waals surface area contributed by atoms with Gasteiger partial charge in [-0.1, -0.05) is 6.92 Å². The zero-order valence-corrected chi connectivity index (χ0v) is 18.1. The van der Waals surface area contributed by atoms with Gasteiger partial charge < -0.3 is 36.2 Å². The summed E-state index contributed by atoms with van der Waals surface area (Å²) in [4.78, 5) is 67.3. The van der Waals surface area contributed by atoms with Crippen LogP contribution in [-0.2, 0) is 28.7 Å². The van der Waals surface area contributed by atoms with Crippen molar-refractivity contribution in [3.8, 4) is 0 Å². The van der Waals surface area contributed by atoms with Crippen molar-refractivity contribution < 1.29 is 43.7 Å². The van der Waals surface area contributed by atoms with Crippen LogP contribution in [0.15, 0.2) is 0 Å². The van der Waals surface area contributed by atoms with Crippen molar-refractivity contribution in [2.24, 2.45) is 0 Å². The number of rotatable bonds is 18. The molecule has 0 fully saturated rings. The number of carboxylic acids is 2. The topological polar surface area (TPSA) is 200 Å². The van der Waals surface area contributed by atoms with Crippen molar-refractivity contribution in [2.45, 2.75) is 70.6 Å². The summed E-state index contributed by atoms with van der Waals surface area (Å²) in [5.41, 5.74) is 0. The molecule has 13 heteroatoms. The standard InChI is InChI=1S/C19H32N4O9/c1-2-5-14(25)21-11-9-15(26)20-10-4-3-6-13(18(29)30)22-19(31)23-16(32-12-24)7-8-17(27)28/h12-13,16H,2-11H2,1H3,(H,20,26)(H,21,25)(H,27,28)(H,29,30)(H2,22,23,31). The zero-order chi connectivity index (χ0) is 24.4. The highest BCUT2D eigenvalue weighted by Gasteiger charge is 2.22. The number of amides is 4. The minimum Gasteiger partial charge on any atom is -0.481 e. The lowest BCUT2D eigenvalue weighted by Gasteiger charge is -2.19. The fourth-order valence-electron chi connectivity index (χ4n) is 2.52. The number of unbranched alkanes of at least 4 members (excludes halogenated alkanes) is 1. The normalized spacial score (nSPS) is 12.0. The molecule has 0 aliphatic carbocycles. The van der Waals surface area contributed by atoms with Crippen molar-refractivity contribution in [1.82, 2.24) is 21.3 Å². The third kappa shape index (κ3) is 15.5. The second kappa shape index (κ2) is 17.3. The average Bonchev–Trinajstić information content (AvgIpc) is 2.71. The fourth-order valence-corrected chi connectivity index (χ4v) is 2.52. The SMILES string of the molecule is CCCC(=O)NCCC(=O)NCCCCC(NC(=O)NC(CCC(=O)O)OC=O)C(=O)O. The van der Waals surface area contributed by atoms with Crippen molar-refractivity contribution in [1.29, 1.82) is 0 Å². The van der Waals surface area contributed by atoms with Crippen LogP contribution in [0.5, 0.6) is 0 Å². The molecular formula is C19H32N4O9. The Kier molecular flexibility index (Phi) is 15.5. The molecule has 0 aromatic heterocycles. The Morgan fingerprint density at radius 2 is 1.53 bits per heavy atom. The Bertz CT molecular complexity index is 642. The first-order valence-corrected chi connectivity index (χ1v) is 10.3. The van der Waals surface area contributed by atoms with E-state index in [-0.39, 0.29) is 50.5 Å². The van der Waals surface area contributed by atoms with Gasteiger partial charge >= 0.3 is 18.0 Å². The molecule has 4 amide bonds. The summed E-state index contributed by atoms with van der Waals surface area (Å²) < 4.78 is 4.57. The number of ether oxygens (including phenoxy) is 1. The quantitative estimate of drug-likeness (QED) is 0.0902. The number of carboxylic acid groups (broad SMARTS) is 2. The zero-order valence-electron chi connectivity index (χ0n) is 18.1. The smallest absolute Gasteiger partial charge is 0.326 e. The predicted molar refractivity (Wildman–Crippen MR) is 110 cm³/mol. The minimum absolute atomic E-state index is 0.0505. The number of aliphatic carboxylic acids is 2. The molecule has 0 aromatic carbocycles. The summed E-state index contributed by atoms with van der Waals surface area (Å²) in [5.74, 6) is -2.77. The van der Waals surface area contributed by atoms with Gasteiger partial charge in [-0.15, -0.1) is 0 Å². The van der Waals surface area contributed by atoms with Gasteiger partial charge in [0.2, 0.25) is 11.8 Å². The Balaban J connectivity index is 4.20. The number of carbonyl (C=O) groups excluding carboxylic acids is 4. The Morgan fingerprint density at radius 1 is 0.875 bits per heavy atom. The highest BCUT2D eigenvalue weighted by atomic mass is 16.5. The highest BCUT2D eigenvalue weighted by molar-refractivity contribution is 5.82. The Morgan fingerprint density at radius 3 is 2.12 bits per heavy atom. The Labute approximate surface area is 185 Å². The van der Waals surface area contributed by atoms with Crippen LogP contribution < -0.4 is 21.3 Å². The monoisotopic (exact) mass is 460 g/mol. The summed E-state index contributed by atoms with van der Waals surface area (Å²) in [6, 6.07) is -2.15. The van der Waals surface area contributed by atoms with Crippen LogP contribution in [-0.4, -0.2) is 71.8 Å². The van der Waals surface area contributed by atoms with Crippen molar-refractivity contribution in [2.75, 3.05) is 13.1 Å². The highest BCUT2D eigenvalue weighted by Crippen LogP contribution is 2.03. The van der Waals surface area contributed by atoms with Gasteiger partial charge in [-0.2, -0.15) is 0 Å². The van der Waals surface area contributed by atoms with Gasteiger partial charge in [0.25, 0.3) is 6.47 Å². The molecule has 0 radical (unpaired) electrons. The average molecular weight is 460 g/mol. The van der Waals surface area contributed by atoms with Crippen molar-refractivity contribution in [3.63, 3.8) is 0 Å². The third-order valence-corrected chi connectivity index (χ3v) is 4.13.